The topological polar surface area (TPSA) is 146 Å². The maximum atomic E-state index is 11.5. The van der Waals surface area contributed by atoms with Crippen LogP contribution >= 0.6 is 0 Å². The van der Waals surface area contributed by atoms with Crippen LogP contribution in [0.15, 0.2) is 40.1 Å². The number of carbonyl (C=O) groups is 1. The van der Waals surface area contributed by atoms with Gasteiger partial charge in [0.1, 0.15) is 9.79 Å². The fourth-order valence-electron chi connectivity index (χ4n) is 1.97. The number of carboxylic acids is 1. The predicted octanol–water partition coefficient (Wildman–Crippen LogP) is 1.03. The normalized spacial score (nSPS) is 12.5. The van der Waals surface area contributed by atoms with Gasteiger partial charge in [0.2, 0.25) is 0 Å². The van der Waals surface area contributed by atoms with Crippen molar-refractivity contribution in [2.24, 2.45) is 0 Å². The highest BCUT2D eigenvalue weighted by molar-refractivity contribution is 7.89. The van der Waals surface area contributed by atoms with Gasteiger partial charge in [0.15, 0.2) is 0 Å². The van der Waals surface area contributed by atoms with E-state index in [1.54, 1.807) is 0 Å². The van der Waals surface area contributed by atoms with Crippen LogP contribution in [0, 0.1) is 0 Å². The summed E-state index contributed by atoms with van der Waals surface area (Å²) in [4.78, 5) is 8.61. The lowest BCUT2D eigenvalue weighted by molar-refractivity contribution is 0.0692. The molecule has 10 heteroatoms. The average molecular weight is 332 g/mol. The SMILES string of the molecule is O=C(O)c1cc2ccccc2c(S(=O)(=O)O)c1S(=O)(=O)O. The van der Waals surface area contributed by atoms with E-state index in [1.165, 1.54) is 24.3 Å². The van der Waals surface area contributed by atoms with E-state index in [0.29, 0.717) is 0 Å². The smallest absolute Gasteiger partial charge is 0.337 e. The minimum atomic E-state index is -5.20. The van der Waals surface area contributed by atoms with E-state index in [4.69, 9.17) is 9.66 Å². The third kappa shape index (κ3) is 2.74. The van der Waals surface area contributed by atoms with Crippen molar-refractivity contribution in [1.29, 1.82) is 0 Å². The molecule has 8 nitrogen and oxygen atoms in total. The van der Waals surface area contributed by atoms with Crippen LogP contribution < -0.4 is 0 Å². The molecule has 0 unspecified atom stereocenters. The molecule has 0 saturated heterocycles. The molecule has 0 fully saturated rings. The molecule has 0 heterocycles. The first-order chi connectivity index (χ1) is 9.53. The number of hydrogen-bond acceptors (Lipinski definition) is 5. The van der Waals surface area contributed by atoms with Gasteiger partial charge in [-0.05, 0) is 11.5 Å². The van der Waals surface area contributed by atoms with Crippen molar-refractivity contribution in [3.8, 4) is 0 Å². The highest BCUT2D eigenvalue weighted by Crippen LogP contribution is 2.33. The Labute approximate surface area is 119 Å². The van der Waals surface area contributed by atoms with Gasteiger partial charge in [-0.2, -0.15) is 16.8 Å². The van der Waals surface area contributed by atoms with Crippen LogP contribution in [-0.4, -0.2) is 37.0 Å². The summed E-state index contributed by atoms with van der Waals surface area (Å²) in [5, 5.41) is 8.88. The Morgan fingerprint density at radius 2 is 1.43 bits per heavy atom. The molecule has 0 aliphatic heterocycles. The zero-order valence-electron chi connectivity index (χ0n) is 10.1. The Bertz CT molecular complexity index is 957. The average Bonchev–Trinajstić information content (AvgIpc) is 2.33. The lowest BCUT2D eigenvalue weighted by Gasteiger charge is -2.11. The van der Waals surface area contributed by atoms with Crippen molar-refractivity contribution in [1.82, 2.24) is 0 Å². The van der Waals surface area contributed by atoms with Gasteiger partial charge in [0.05, 0.1) is 5.56 Å². The maximum absolute atomic E-state index is 11.5. The molecule has 0 bridgehead atoms. The lowest BCUT2D eigenvalue weighted by atomic mass is 10.1. The van der Waals surface area contributed by atoms with Gasteiger partial charge in [-0.15, -0.1) is 0 Å². The van der Waals surface area contributed by atoms with Crippen LogP contribution in [-0.2, 0) is 20.2 Å². The van der Waals surface area contributed by atoms with Gasteiger partial charge >= 0.3 is 5.97 Å². The molecule has 3 N–H and O–H groups in total. The van der Waals surface area contributed by atoms with Crippen LogP contribution in [0.3, 0.4) is 0 Å². The van der Waals surface area contributed by atoms with E-state index in [2.05, 4.69) is 0 Å². The Kier molecular flexibility index (Phi) is 3.49. The second-order valence-electron chi connectivity index (χ2n) is 4.06. The van der Waals surface area contributed by atoms with E-state index in [-0.39, 0.29) is 10.8 Å². The van der Waals surface area contributed by atoms with Crippen LogP contribution in [0.5, 0.6) is 0 Å². The van der Waals surface area contributed by atoms with Crippen molar-refractivity contribution < 1.29 is 35.8 Å². The summed E-state index contributed by atoms with van der Waals surface area (Å²) in [5.74, 6) is -1.77. The first-order valence-electron chi connectivity index (χ1n) is 5.27. The van der Waals surface area contributed by atoms with Crippen LogP contribution in [0.1, 0.15) is 10.4 Å². The highest BCUT2D eigenvalue weighted by atomic mass is 32.2. The summed E-state index contributed by atoms with van der Waals surface area (Å²) < 4.78 is 64.1. The molecule has 0 aliphatic carbocycles. The first-order valence-corrected chi connectivity index (χ1v) is 8.15. The summed E-state index contributed by atoms with van der Waals surface area (Å²) in [7, 11) is -10.3. The van der Waals surface area contributed by atoms with E-state index < -0.39 is 41.6 Å². The number of carboxylic acid groups (broad SMARTS) is 1. The Morgan fingerprint density at radius 1 is 0.905 bits per heavy atom. The zero-order valence-corrected chi connectivity index (χ0v) is 11.7. The van der Waals surface area contributed by atoms with E-state index in [1.807, 2.05) is 0 Å². The number of fused-ring (bicyclic) bond motifs is 1. The fourth-order valence-corrected chi connectivity index (χ4v) is 4.17. The molecule has 2 rings (SSSR count). The minimum Gasteiger partial charge on any atom is -0.478 e. The lowest BCUT2D eigenvalue weighted by Crippen LogP contribution is -2.15. The molecule has 0 aliphatic rings. The molecule has 0 saturated carbocycles. The molecule has 0 aromatic heterocycles. The van der Waals surface area contributed by atoms with Crippen LogP contribution in [0.2, 0.25) is 0 Å². The number of aromatic carboxylic acids is 1. The molecule has 2 aromatic carbocycles. The minimum absolute atomic E-state index is 0.0786. The van der Waals surface area contributed by atoms with Crippen molar-refractivity contribution in [2.45, 2.75) is 9.79 Å². The third-order valence-corrected chi connectivity index (χ3v) is 4.71. The quantitative estimate of drug-likeness (QED) is 0.706. The van der Waals surface area contributed by atoms with Gasteiger partial charge < -0.3 is 5.11 Å². The second kappa shape index (κ2) is 4.77. The van der Waals surface area contributed by atoms with Crippen molar-refractivity contribution >= 4 is 37.0 Å². The summed E-state index contributed by atoms with van der Waals surface area (Å²) >= 11 is 0. The predicted molar refractivity (Wildman–Crippen MR) is 70.5 cm³/mol. The monoisotopic (exact) mass is 332 g/mol. The summed E-state index contributed by atoms with van der Waals surface area (Å²) in [6.07, 6.45) is 0. The highest BCUT2D eigenvalue weighted by Gasteiger charge is 2.32. The molecule has 0 radical (unpaired) electrons. The Hall–Kier alpha value is -2.01. The third-order valence-electron chi connectivity index (χ3n) is 2.70. The standard InChI is InChI=1S/C11H8O8S2/c12-11(13)8-5-6-3-1-2-4-7(6)9(20(14,15)16)10(8)21(17,18)19/h1-5H,(H,12,13)(H,14,15,16)(H,17,18,19). The molecule has 0 atom stereocenters. The number of benzene rings is 2. The zero-order chi connectivity index (χ0) is 16.0. The summed E-state index contributed by atoms with van der Waals surface area (Å²) in [6.45, 7) is 0. The van der Waals surface area contributed by atoms with Gasteiger partial charge in [-0.1, -0.05) is 24.3 Å². The van der Waals surface area contributed by atoms with E-state index in [0.717, 1.165) is 6.07 Å². The van der Waals surface area contributed by atoms with Gasteiger partial charge in [-0.3, -0.25) is 9.11 Å². The van der Waals surface area contributed by atoms with Gasteiger partial charge in [0.25, 0.3) is 20.2 Å². The van der Waals surface area contributed by atoms with Crippen LogP contribution in [0.4, 0.5) is 0 Å². The molecule has 0 spiro atoms. The number of hydrogen-bond donors (Lipinski definition) is 3. The molecule has 2 aromatic rings. The van der Waals surface area contributed by atoms with Crippen molar-refractivity contribution in [3.05, 3.63) is 35.9 Å². The Balaban J connectivity index is 3.24. The fraction of sp³-hybridized carbons (Fsp3) is 0. The van der Waals surface area contributed by atoms with E-state index in [9.17, 15) is 26.2 Å². The molecular weight excluding hydrogens is 324 g/mol. The van der Waals surface area contributed by atoms with E-state index >= 15 is 0 Å². The first kappa shape index (κ1) is 15.4. The molecular formula is C11H8O8S2. The molecule has 21 heavy (non-hydrogen) atoms. The van der Waals surface area contributed by atoms with Gasteiger partial charge in [-0.25, -0.2) is 4.79 Å². The number of rotatable bonds is 3. The second-order valence-corrected chi connectivity index (χ2v) is 6.78. The molecule has 112 valence electrons. The Morgan fingerprint density at radius 3 is 1.90 bits per heavy atom. The molecule has 0 amide bonds. The maximum Gasteiger partial charge on any atom is 0.337 e. The van der Waals surface area contributed by atoms with Gasteiger partial charge in [0, 0.05) is 5.39 Å². The summed E-state index contributed by atoms with van der Waals surface area (Å²) in [5.41, 5.74) is -0.955. The van der Waals surface area contributed by atoms with Crippen molar-refractivity contribution in [2.75, 3.05) is 0 Å². The largest absolute Gasteiger partial charge is 0.478 e. The summed E-state index contributed by atoms with van der Waals surface area (Å²) in [6, 6.07) is 6.25. The van der Waals surface area contributed by atoms with Crippen molar-refractivity contribution in [3.63, 3.8) is 0 Å². The van der Waals surface area contributed by atoms with Crippen LogP contribution in [0.25, 0.3) is 10.8 Å².